The number of unbranched alkanes of at least 4 members (excludes halogenated alkanes) is 2. The highest BCUT2D eigenvalue weighted by molar-refractivity contribution is 5.82. The second-order valence-electron chi connectivity index (χ2n) is 8.25. The van der Waals surface area contributed by atoms with Crippen molar-refractivity contribution in [2.45, 2.75) is 91.9 Å². The van der Waals surface area contributed by atoms with Gasteiger partial charge in [-0.3, -0.25) is 9.59 Å². The molecular formula is C24H42O4. The monoisotopic (exact) mass is 394 g/mol. The number of rotatable bonds is 14. The lowest BCUT2D eigenvalue weighted by molar-refractivity contribution is -0.162. The lowest BCUT2D eigenvalue weighted by Crippen LogP contribution is -2.35. The Labute approximate surface area is 172 Å². The second-order valence-corrected chi connectivity index (χ2v) is 8.25. The molecule has 0 saturated heterocycles. The molecule has 0 aromatic heterocycles. The van der Waals surface area contributed by atoms with E-state index in [-0.39, 0.29) is 11.9 Å². The first-order chi connectivity index (χ1) is 13.6. The van der Waals surface area contributed by atoms with Gasteiger partial charge in [0.1, 0.15) is 0 Å². The summed E-state index contributed by atoms with van der Waals surface area (Å²) >= 11 is 0. The zero-order chi connectivity index (χ0) is 20.8. The number of carbonyl (C=O) groups is 2. The van der Waals surface area contributed by atoms with Crippen molar-refractivity contribution >= 4 is 11.9 Å². The largest absolute Gasteiger partial charge is 0.465 e. The molecule has 0 bridgehead atoms. The van der Waals surface area contributed by atoms with Crippen LogP contribution < -0.4 is 0 Å². The summed E-state index contributed by atoms with van der Waals surface area (Å²) in [6, 6.07) is 0. The van der Waals surface area contributed by atoms with Crippen LogP contribution in [-0.4, -0.2) is 25.2 Å². The predicted octanol–water partition coefficient (Wildman–Crippen LogP) is 6.09. The van der Waals surface area contributed by atoms with Crippen molar-refractivity contribution in [2.75, 3.05) is 13.2 Å². The van der Waals surface area contributed by atoms with Gasteiger partial charge in [-0.25, -0.2) is 0 Å². The minimum absolute atomic E-state index is 0.237. The molecule has 4 nitrogen and oxygen atoms in total. The van der Waals surface area contributed by atoms with Crippen LogP contribution in [0.4, 0.5) is 0 Å². The van der Waals surface area contributed by atoms with Gasteiger partial charge in [0.2, 0.25) is 0 Å². The average Bonchev–Trinajstić information content (AvgIpc) is 2.73. The normalized spacial score (nSPS) is 21.1. The summed E-state index contributed by atoms with van der Waals surface area (Å²) in [6.45, 7) is 9.56. The second kappa shape index (κ2) is 14.6. The fraction of sp³-hybridized carbons (Fsp3) is 0.833. The molecular weight excluding hydrogens is 352 g/mol. The predicted molar refractivity (Wildman–Crippen MR) is 114 cm³/mol. The van der Waals surface area contributed by atoms with Crippen LogP contribution in [0, 0.1) is 23.7 Å². The first-order valence-electron chi connectivity index (χ1n) is 11.5. The molecule has 4 heteroatoms. The van der Waals surface area contributed by atoms with Crippen molar-refractivity contribution in [1.29, 1.82) is 0 Å². The van der Waals surface area contributed by atoms with Gasteiger partial charge in [0.15, 0.2) is 0 Å². The van der Waals surface area contributed by atoms with Gasteiger partial charge in [-0.2, -0.15) is 0 Å². The Balaban J connectivity index is 2.56. The first-order valence-corrected chi connectivity index (χ1v) is 11.5. The van der Waals surface area contributed by atoms with Gasteiger partial charge in [-0.05, 0) is 37.5 Å². The summed E-state index contributed by atoms with van der Waals surface area (Å²) in [7, 11) is 0. The van der Waals surface area contributed by atoms with Crippen molar-refractivity contribution in [1.82, 2.24) is 0 Å². The molecule has 1 rings (SSSR count). The third-order valence-corrected chi connectivity index (χ3v) is 6.05. The van der Waals surface area contributed by atoms with E-state index < -0.39 is 11.8 Å². The molecule has 0 N–H and O–H groups in total. The molecule has 0 aliphatic heterocycles. The highest BCUT2D eigenvalue weighted by Gasteiger charge is 2.36. The zero-order valence-corrected chi connectivity index (χ0v) is 18.6. The minimum Gasteiger partial charge on any atom is -0.465 e. The Morgan fingerprint density at radius 2 is 1.18 bits per heavy atom. The SMILES string of the molecule is CCCC[C@H](CC)COC(=O)[C@@H]1CC=CC[C@H]1C(=O)OC[C@@H](CC)CCCC. The van der Waals surface area contributed by atoms with Gasteiger partial charge < -0.3 is 9.47 Å². The Hall–Kier alpha value is -1.32. The molecule has 0 unspecified atom stereocenters. The van der Waals surface area contributed by atoms with Gasteiger partial charge in [0, 0.05) is 0 Å². The summed E-state index contributed by atoms with van der Waals surface area (Å²) in [5.74, 6) is -0.457. The number of carbonyl (C=O) groups excluding carboxylic acids is 2. The number of hydrogen-bond donors (Lipinski definition) is 0. The summed E-state index contributed by atoms with van der Waals surface area (Å²) in [5, 5.41) is 0. The molecule has 0 amide bonds. The molecule has 0 heterocycles. The Bertz CT molecular complexity index is 429. The number of allylic oxidation sites excluding steroid dienone is 2. The van der Waals surface area contributed by atoms with E-state index in [2.05, 4.69) is 27.7 Å². The van der Waals surface area contributed by atoms with Gasteiger partial charge in [-0.1, -0.05) is 78.4 Å². The minimum atomic E-state index is -0.406. The number of hydrogen-bond acceptors (Lipinski definition) is 4. The highest BCUT2D eigenvalue weighted by Crippen LogP contribution is 2.29. The topological polar surface area (TPSA) is 52.6 Å². The molecule has 0 spiro atoms. The fourth-order valence-electron chi connectivity index (χ4n) is 3.75. The van der Waals surface area contributed by atoms with E-state index in [4.69, 9.17) is 9.47 Å². The van der Waals surface area contributed by atoms with E-state index in [1.54, 1.807) is 0 Å². The molecule has 162 valence electrons. The molecule has 0 aromatic carbocycles. The van der Waals surface area contributed by atoms with E-state index in [1.165, 1.54) is 0 Å². The molecule has 0 fully saturated rings. The molecule has 0 radical (unpaired) electrons. The Morgan fingerprint density at radius 3 is 1.50 bits per heavy atom. The van der Waals surface area contributed by atoms with Crippen LogP contribution in [0.25, 0.3) is 0 Å². The van der Waals surface area contributed by atoms with Crippen LogP contribution in [0.5, 0.6) is 0 Å². The zero-order valence-electron chi connectivity index (χ0n) is 18.6. The fourth-order valence-corrected chi connectivity index (χ4v) is 3.75. The van der Waals surface area contributed by atoms with E-state index in [1.807, 2.05) is 12.2 Å². The average molecular weight is 395 g/mol. The Kier molecular flexibility index (Phi) is 12.9. The lowest BCUT2D eigenvalue weighted by atomic mass is 9.83. The van der Waals surface area contributed by atoms with Crippen molar-refractivity contribution in [3.63, 3.8) is 0 Å². The van der Waals surface area contributed by atoms with Crippen molar-refractivity contribution < 1.29 is 19.1 Å². The van der Waals surface area contributed by atoms with Gasteiger partial charge in [0.05, 0.1) is 25.0 Å². The Morgan fingerprint density at radius 1 is 0.786 bits per heavy atom. The lowest BCUT2D eigenvalue weighted by Gasteiger charge is -2.27. The molecule has 1 aliphatic rings. The van der Waals surface area contributed by atoms with Gasteiger partial charge in [-0.15, -0.1) is 0 Å². The maximum Gasteiger partial charge on any atom is 0.310 e. The summed E-state index contributed by atoms with van der Waals surface area (Å²) in [4.78, 5) is 25.4. The molecule has 28 heavy (non-hydrogen) atoms. The standard InChI is InChI=1S/C24H42O4/c1-5-9-13-19(7-3)17-27-23(25)21-15-11-12-16-22(21)24(26)28-18-20(8-4)14-10-6-2/h11-12,19-22H,5-10,13-18H2,1-4H3/t19-,20-,21+,22+/m0/s1. The summed E-state index contributed by atoms with van der Waals surface area (Å²) < 4.78 is 11.3. The first kappa shape index (κ1) is 24.7. The van der Waals surface area contributed by atoms with E-state index >= 15 is 0 Å². The van der Waals surface area contributed by atoms with E-state index in [0.29, 0.717) is 37.9 Å². The molecule has 4 atom stereocenters. The molecule has 1 aliphatic carbocycles. The van der Waals surface area contributed by atoms with Crippen molar-refractivity contribution in [2.24, 2.45) is 23.7 Å². The van der Waals surface area contributed by atoms with Crippen LogP contribution in [0.1, 0.15) is 91.9 Å². The number of ether oxygens (including phenoxy) is 2. The van der Waals surface area contributed by atoms with E-state index in [0.717, 1.165) is 51.4 Å². The third kappa shape index (κ3) is 8.79. The van der Waals surface area contributed by atoms with Crippen LogP contribution in [-0.2, 0) is 19.1 Å². The van der Waals surface area contributed by atoms with Crippen LogP contribution in [0.2, 0.25) is 0 Å². The summed E-state index contributed by atoms with van der Waals surface area (Å²) in [6.07, 6.45) is 13.9. The maximum absolute atomic E-state index is 12.7. The van der Waals surface area contributed by atoms with Gasteiger partial charge >= 0.3 is 11.9 Å². The highest BCUT2D eigenvalue weighted by atomic mass is 16.5. The molecule has 0 aromatic rings. The quantitative estimate of drug-likeness (QED) is 0.264. The maximum atomic E-state index is 12.7. The smallest absolute Gasteiger partial charge is 0.310 e. The van der Waals surface area contributed by atoms with Crippen LogP contribution in [0.15, 0.2) is 12.2 Å². The van der Waals surface area contributed by atoms with Crippen molar-refractivity contribution in [3.05, 3.63) is 12.2 Å². The molecule has 0 saturated carbocycles. The third-order valence-electron chi connectivity index (χ3n) is 6.05. The number of esters is 2. The van der Waals surface area contributed by atoms with Crippen LogP contribution >= 0.6 is 0 Å². The van der Waals surface area contributed by atoms with Gasteiger partial charge in [0.25, 0.3) is 0 Å². The van der Waals surface area contributed by atoms with Crippen LogP contribution in [0.3, 0.4) is 0 Å². The van der Waals surface area contributed by atoms with Crippen molar-refractivity contribution in [3.8, 4) is 0 Å². The summed E-state index contributed by atoms with van der Waals surface area (Å²) in [5.41, 5.74) is 0. The van der Waals surface area contributed by atoms with E-state index in [9.17, 15) is 9.59 Å².